The van der Waals surface area contributed by atoms with Crippen molar-refractivity contribution in [1.29, 1.82) is 0 Å². The molecular weight excluding hydrogens is 316 g/mol. The number of amides is 2. The number of carbonyl (C=O) groups excluding carboxylic acids is 2. The van der Waals surface area contributed by atoms with Crippen LogP contribution in [0.1, 0.15) is 22.3 Å². The van der Waals surface area contributed by atoms with Gasteiger partial charge in [-0.2, -0.15) is 0 Å². The summed E-state index contributed by atoms with van der Waals surface area (Å²) in [5.41, 5.74) is 6.09. The fourth-order valence-electron chi connectivity index (χ4n) is 1.51. The molecular formula is C12H13BrN2O4. The van der Waals surface area contributed by atoms with Gasteiger partial charge in [-0.25, -0.2) is 4.79 Å². The summed E-state index contributed by atoms with van der Waals surface area (Å²) >= 11 is 3.25. The Hall–Kier alpha value is -1.89. The third kappa shape index (κ3) is 4.70. The van der Waals surface area contributed by atoms with Gasteiger partial charge in [-0.15, -0.1) is 0 Å². The molecule has 0 aliphatic carbocycles. The first-order valence-corrected chi connectivity index (χ1v) is 6.18. The summed E-state index contributed by atoms with van der Waals surface area (Å²) in [4.78, 5) is 33.5. The number of carbonyl (C=O) groups is 3. The number of carboxylic acid groups (broad SMARTS) is 1. The number of aryl methyl sites for hydroxylation is 1. The molecule has 0 fully saturated rings. The Morgan fingerprint density at radius 2 is 2.00 bits per heavy atom. The molecule has 0 aliphatic rings. The van der Waals surface area contributed by atoms with Crippen molar-refractivity contribution in [2.45, 2.75) is 19.4 Å². The molecule has 0 spiro atoms. The Kier molecular flexibility index (Phi) is 5.05. The molecule has 1 rings (SSSR count). The molecule has 0 saturated heterocycles. The van der Waals surface area contributed by atoms with E-state index in [1.165, 1.54) is 0 Å². The van der Waals surface area contributed by atoms with Gasteiger partial charge in [0.25, 0.3) is 5.91 Å². The van der Waals surface area contributed by atoms with Crippen LogP contribution in [0.5, 0.6) is 0 Å². The van der Waals surface area contributed by atoms with Crippen LogP contribution in [0, 0.1) is 6.92 Å². The second-order valence-electron chi connectivity index (χ2n) is 4.05. The molecule has 4 N–H and O–H groups in total. The number of aliphatic carboxylic acids is 1. The van der Waals surface area contributed by atoms with E-state index >= 15 is 0 Å². The minimum absolute atomic E-state index is 0.308. The standard InChI is InChI=1S/C12H13BrN2O4/c1-6-2-7(4-8(13)3-6)11(17)15-9(12(18)19)5-10(14)16/h2-4,9H,5H2,1H3,(H2,14,16)(H,15,17)(H,18,19)/t9-/m0/s1. The smallest absolute Gasteiger partial charge is 0.326 e. The molecule has 1 aromatic rings. The molecule has 19 heavy (non-hydrogen) atoms. The van der Waals surface area contributed by atoms with E-state index in [1.807, 2.05) is 6.07 Å². The van der Waals surface area contributed by atoms with E-state index in [1.54, 1.807) is 19.1 Å². The minimum Gasteiger partial charge on any atom is -0.480 e. The lowest BCUT2D eigenvalue weighted by molar-refractivity contribution is -0.140. The third-order valence-corrected chi connectivity index (χ3v) is 2.77. The molecule has 0 unspecified atom stereocenters. The number of halogens is 1. The van der Waals surface area contributed by atoms with Gasteiger partial charge >= 0.3 is 5.97 Å². The fourth-order valence-corrected chi connectivity index (χ4v) is 2.12. The SMILES string of the molecule is Cc1cc(Br)cc(C(=O)N[C@@H](CC(N)=O)C(=O)O)c1. The number of primary amides is 1. The summed E-state index contributed by atoms with van der Waals surface area (Å²) in [5.74, 6) is -2.67. The second kappa shape index (κ2) is 6.33. The van der Waals surface area contributed by atoms with E-state index in [0.29, 0.717) is 10.0 Å². The molecule has 0 radical (unpaired) electrons. The van der Waals surface area contributed by atoms with Gasteiger partial charge in [0.05, 0.1) is 6.42 Å². The molecule has 0 aliphatic heterocycles. The van der Waals surface area contributed by atoms with Gasteiger partial charge in [-0.3, -0.25) is 9.59 Å². The zero-order valence-electron chi connectivity index (χ0n) is 10.1. The number of hydrogen-bond acceptors (Lipinski definition) is 3. The van der Waals surface area contributed by atoms with Crippen LogP contribution in [0.2, 0.25) is 0 Å². The Morgan fingerprint density at radius 1 is 1.37 bits per heavy atom. The number of nitrogens with one attached hydrogen (secondary N) is 1. The van der Waals surface area contributed by atoms with Crippen LogP contribution in [0.25, 0.3) is 0 Å². The van der Waals surface area contributed by atoms with Crippen LogP contribution in [0.4, 0.5) is 0 Å². The average Bonchev–Trinajstić information content (AvgIpc) is 2.25. The van der Waals surface area contributed by atoms with Gasteiger partial charge in [0.15, 0.2) is 0 Å². The second-order valence-corrected chi connectivity index (χ2v) is 4.97. The lowest BCUT2D eigenvalue weighted by Gasteiger charge is -2.13. The number of rotatable bonds is 5. The van der Waals surface area contributed by atoms with Gasteiger partial charge in [-0.1, -0.05) is 15.9 Å². The number of carboxylic acids is 1. The third-order valence-electron chi connectivity index (χ3n) is 2.31. The molecule has 7 heteroatoms. The van der Waals surface area contributed by atoms with Crippen LogP contribution in [-0.4, -0.2) is 28.9 Å². The van der Waals surface area contributed by atoms with Gasteiger partial charge in [-0.05, 0) is 30.7 Å². The molecule has 0 aromatic heterocycles. The maximum Gasteiger partial charge on any atom is 0.326 e. The Balaban J connectivity index is 2.87. The molecule has 6 nitrogen and oxygen atoms in total. The predicted molar refractivity (Wildman–Crippen MR) is 71.6 cm³/mol. The van der Waals surface area contributed by atoms with Gasteiger partial charge in [0, 0.05) is 10.0 Å². The highest BCUT2D eigenvalue weighted by Gasteiger charge is 2.22. The van der Waals surface area contributed by atoms with Crippen molar-refractivity contribution < 1.29 is 19.5 Å². The van der Waals surface area contributed by atoms with Crippen molar-refractivity contribution in [3.8, 4) is 0 Å². The van der Waals surface area contributed by atoms with E-state index in [-0.39, 0.29) is 0 Å². The first-order chi connectivity index (χ1) is 8.79. The van der Waals surface area contributed by atoms with Crippen LogP contribution < -0.4 is 11.1 Å². The van der Waals surface area contributed by atoms with E-state index < -0.39 is 30.2 Å². The molecule has 0 saturated carbocycles. The van der Waals surface area contributed by atoms with Crippen LogP contribution in [-0.2, 0) is 9.59 Å². The van der Waals surface area contributed by atoms with Crippen molar-refractivity contribution in [3.63, 3.8) is 0 Å². The largest absolute Gasteiger partial charge is 0.480 e. The van der Waals surface area contributed by atoms with Gasteiger partial charge in [0.2, 0.25) is 5.91 Å². The lowest BCUT2D eigenvalue weighted by atomic mass is 10.1. The summed E-state index contributed by atoms with van der Waals surface area (Å²) in [6.07, 6.45) is -0.450. The van der Waals surface area contributed by atoms with Crippen molar-refractivity contribution >= 4 is 33.7 Å². The van der Waals surface area contributed by atoms with Crippen LogP contribution in [0.15, 0.2) is 22.7 Å². The van der Waals surface area contributed by atoms with E-state index in [4.69, 9.17) is 10.8 Å². The normalized spacial score (nSPS) is 11.7. The molecule has 2 amide bonds. The van der Waals surface area contributed by atoms with Gasteiger partial charge < -0.3 is 16.2 Å². The molecule has 1 atom stereocenters. The number of nitrogens with two attached hydrogens (primary N) is 1. The molecule has 0 heterocycles. The maximum atomic E-state index is 11.9. The highest BCUT2D eigenvalue weighted by molar-refractivity contribution is 9.10. The summed E-state index contributed by atoms with van der Waals surface area (Å²) in [7, 11) is 0. The zero-order chi connectivity index (χ0) is 14.6. The summed E-state index contributed by atoms with van der Waals surface area (Å²) in [6, 6.07) is 3.66. The Bertz CT molecular complexity index is 510. The summed E-state index contributed by atoms with van der Waals surface area (Å²) in [5, 5.41) is 11.2. The van der Waals surface area contributed by atoms with Crippen molar-refractivity contribution in [2.75, 3.05) is 0 Å². The molecule has 102 valence electrons. The minimum atomic E-state index is -1.33. The molecule has 1 aromatic carbocycles. The topological polar surface area (TPSA) is 109 Å². The first-order valence-electron chi connectivity index (χ1n) is 5.38. The van der Waals surface area contributed by atoms with Gasteiger partial charge in [0.1, 0.15) is 6.04 Å². The van der Waals surface area contributed by atoms with Crippen molar-refractivity contribution in [1.82, 2.24) is 5.32 Å². The molecule has 0 bridgehead atoms. The highest BCUT2D eigenvalue weighted by Crippen LogP contribution is 2.15. The Labute approximate surface area is 118 Å². The van der Waals surface area contributed by atoms with Crippen LogP contribution in [0.3, 0.4) is 0 Å². The zero-order valence-corrected chi connectivity index (χ0v) is 11.7. The first kappa shape index (κ1) is 15.2. The monoisotopic (exact) mass is 328 g/mol. The fraction of sp³-hybridized carbons (Fsp3) is 0.250. The quantitative estimate of drug-likeness (QED) is 0.743. The number of benzene rings is 1. The predicted octanol–water partition coefficient (Wildman–Crippen LogP) is 0.816. The Morgan fingerprint density at radius 3 is 2.47 bits per heavy atom. The van der Waals surface area contributed by atoms with Crippen LogP contribution >= 0.6 is 15.9 Å². The van der Waals surface area contributed by atoms with E-state index in [0.717, 1.165) is 5.56 Å². The highest BCUT2D eigenvalue weighted by atomic mass is 79.9. The van der Waals surface area contributed by atoms with Crippen molar-refractivity contribution in [3.05, 3.63) is 33.8 Å². The van der Waals surface area contributed by atoms with E-state index in [2.05, 4.69) is 21.2 Å². The number of hydrogen-bond donors (Lipinski definition) is 3. The average molecular weight is 329 g/mol. The van der Waals surface area contributed by atoms with E-state index in [9.17, 15) is 14.4 Å². The maximum absolute atomic E-state index is 11.9. The lowest BCUT2D eigenvalue weighted by Crippen LogP contribution is -2.43. The summed E-state index contributed by atoms with van der Waals surface area (Å²) in [6.45, 7) is 1.81. The van der Waals surface area contributed by atoms with Crippen molar-refractivity contribution in [2.24, 2.45) is 5.73 Å². The summed E-state index contributed by atoms with van der Waals surface area (Å²) < 4.78 is 0.708.